The fourth-order valence-corrected chi connectivity index (χ4v) is 3.37. The average Bonchev–Trinajstić information content (AvgIpc) is 2.35. The summed E-state index contributed by atoms with van der Waals surface area (Å²) in [6.45, 7) is 10.5. The molecule has 1 aromatic rings. The molecule has 0 saturated carbocycles. The Hall–Kier alpha value is -0.860. The normalized spacial score (nSPS) is 23.1. The summed E-state index contributed by atoms with van der Waals surface area (Å²) in [4.78, 5) is 0. The quantitative estimate of drug-likeness (QED) is 0.877. The zero-order valence-corrected chi connectivity index (χ0v) is 12.7. The van der Waals surface area contributed by atoms with Crippen molar-refractivity contribution in [2.45, 2.75) is 52.6 Å². The molecular weight excluding hydrogens is 234 g/mol. The van der Waals surface area contributed by atoms with Crippen molar-refractivity contribution in [3.63, 3.8) is 0 Å². The van der Waals surface area contributed by atoms with Gasteiger partial charge in [0, 0.05) is 18.9 Å². The molecule has 0 spiro atoms. The summed E-state index contributed by atoms with van der Waals surface area (Å²) in [5.74, 6) is 0.362. The molecule has 1 heterocycles. The van der Waals surface area contributed by atoms with Crippen molar-refractivity contribution in [1.29, 1.82) is 0 Å². The maximum atomic E-state index is 10.9. The van der Waals surface area contributed by atoms with E-state index >= 15 is 0 Å². The lowest BCUT2D eigenvalue weighted by molar-refractivity contribution is -0.0104. The van der Waals surface area contributed by atoms with Crippen LogP contribution in [0.2, 0.25) is 0 Å². The molecule has 2 nitrogen and oxygen atoms in total. The third kappa shape index (κ3) is 3.37. The van der Waals surface area contributed by atoms with Gasteiger partial charge in [-0.3, -0.25) is 0 Å². The van der Waals surface area contributed by atoms with Crippen LogP contribution in [0.5, 0.6) is 0 Å². The van der Waals surface area contributed by atoms with E-state index in [4.69, 9.17) is 0 Å². The van der Waals surface area contributed by atoms with Crippen LogP contribution in [-0.4, -0.2) is 23.8 Å². The van der Waals surface area contributed by atoms with Crippen molar-refractivity contribution in [2.24, 2.45) is 5.92 Å². The van der Waals surface area contributed by atoms with Crippen molar-refractivity contribution in [1.82, 2.24) is 5.32 Å². The molecule has 0 radical (unpaired) electrons. The third-order valence-electron chi connectivity index (χ3n) is 4.55. The van der Waals surface area contributed by atoms with Crippen molar-refractivity contribution < 1.29 is 5.11 Å². The van der Waals surface area contributed by atoms with Gasteiger partial charge >= 0.3 is 0 Å². The molecule has 2 N–H and O–H groups in total. The lowest BCUT2D eigenvalue weighted by Crippen LogP contribution is -2.45. The van der Waals surface area contributed by atoms with E-state index in [-0.39, 0.29) is 0 Å². The molecule has 2 rings (SSSR count). The standard InChI is InChI=1S/C17H27NO/c1-12-8-13(2)16(14(3)9-12)10-17(4,19)15-6-5-7-18-11-15/h8-9,15,18-19H,5-7,10-11H2,1-4H3. The molecule has 1 fully saturated rings. The molecule has 19 heavy (non-hydrogen) atoms. The summed E-state index contributed by atoms with van der Waals surface area (Å²) in [5, 5.41) is 14.3. The fourth-order valence-electron chi connectivity index (χ4n) is 3.37. The summed E-state index contributed by atoms with van der Waals surface area (Å²) in [6.07, 6.45) is 3.06. The zero-order valence-electron chi connectivity index (χ0n) is 12.7. The van der Waals surface area contributed by atoms with E-state index in [1.807, 2.05) is 6.92 Å². The monoisotopic (exact) mass is 261 g/mol. The topological polar surface area (TPSA) is 32.3 Å². The van der Waals surface area contributed by atoms with Gasteiger partial charge in [0.1, 0.15) is 0 Å². The molecular formula is C17H27NO. The Morgan fingerprint density at radius 3 is 2.42 bits per heavy atom. The molecule has 2 unspecified atom stereocenters. The molecule has 1 aromatic carbocycles. The van der Waals surface area contributed by atoms with Crippen LogP contribution in [0.1, 0.15) is 42.0 Å². The first kappa shape index (κ1) is 14.5. The van der Waals surface area contributed by atoms with E-state index in [1.165, 1.54) is 28.7 Å². The third-order valence-corrected chi connectivity index (χ3v) is 4.55. The number of hydrogen-bond acceptors (Lipinski definition) is 2. The van der Waals surface area contributed by atoms with Crippen molar-refractivity contribution >= 4 is 0 Å². The van der Waals surface area contributed by atoms with Gasteiger partial charge in [0.25, 0.3) is 0 Å². The zero-order chi connectivity index (χ0) is 14.0. The van der Waals surface area contributed by atoms with Gasteiger partial charge in [-0.1, -0.05) is 17.7 Å². The van der Waals surface area contributed by atoms with Crippen LogP contribution in [0, 0.1) is 26.7 Å². The molecule has 0 bridgehead atoms. The first-order chi connectivity index (χ1) is 8.90. The van der Waals surface area contributed by atoms with Crippen molar-refractivity contribution in [2.75, 3.05) is 13.1 Å². The second-order valence-corrected chi connectivity index (χ2v) is 6.45. The number of piperidine rings is 1. The van der Waals surface area contributed by atoms with E-state index in [1.54, 1.807) is 0 Å². The van der Waals surface area contributed by atoms with Gasteiger partial charge < -0.3 is 10.4 Å². The summed E-state index contributed by atoms with van der Waals surface area (Å²) >= 11 is 0. The van der Waals surface area contributed by atoms with E-state index < -0.39 is 5.60 Å². The smallest absolute Gasteiger partial charge is 0.0700 e. The minimum atomic E-state index is -0.613. The minimum Gasteiger partial charge on any atom is -0.389 e. The Morgan fingerprint density at radius 1 is 1.26 bits per heavy atom. The highest BCUT2D eigenvalue weighted by Crippen LogP contribution is 2.30. The second kappa shape index (κ2) is 5.64. The summed E-state index contributed by atoms with van der Waals surface area (Å²) in [7, 11) is 0. The molecule has 1 aliphatic rings. The number of aryl methyl sites for hydroxylation is 3. The molecule has 1 aliphatic heterocycles. The van der Waals surface area contributed by atoms with Gasteiger partial charge in [-0.05, 0) is 63.8 Å². The lowest BCUT2D eigenvalue weighted by atomic mass is 9.78. The average molecular weight is 261 g/mol. The van der Waals surface area contributed by atoms with Crippen LogP contribution in [-0.2, 0) is 6.42 Å². The van der Waals surface area contributed by atoms with Gasteiger partial charge in [0.05, 0.1) is 5.60 Å². The number of rotatable bonds is 3. The molecule has 106 valence electrons. The Kier molecular flexibility index (Phi) is 4.32. The number of nitrogens with one attached hydrogen (secondary N) is 1. The van der Waals surface area contributed by atoms with Gasteiger partial charge in [0.2, 0.25) is 0 Å². The Balaban J connectivity index is 2.19. The van der Waals surface area contributed by atoms with Crippen LogP contribution in [0.25, 0.3) is 0 Å². The first-order valence-corrected chi connectivity index (χ1v) is 7.40. The van der Waals surface area contributed by atoms with Crippen molar-refractivity contribution in [3.8, 4) is 0 Å². The Bertz CT molecular complexity index is 422. The largest absolute Gasteiger partial charge is 0.389 e. The van der Waals surface area contributed by atoms with E-state index in [0.29, 0.717) is 5.92 Å². The van der Waals surface area contributed by atoms with Gasteiger partial charge in [0.15, 0.2) is 0 Å². The highest BCUT2D eigenvalue weighted by molar-refractivity contribution is 5.38. The predicted molar refractivity (Wildman–Crippen MR) is 80.6 cm³/mol. The molecule has 2 atom stereocenters. The van der Waals surface area contributed by atoms with E-state index in [2.05, 4.69) is 38.2 Å². The first-order valence-electron chi connectivity index (χ1n) is 7.40. The Labute approximate surface area is 117 Å². The number of aliphatic hydroxyl groups is 1. The fraction of sp³-hybridized carbons (Fsp3) is 0.647. The van der Waals surface area contributed by atoms with Crippen LogP contribution in [0.3, 0.4) is 0 Å². The summed E-state index contributed by atoms with van der Waals surface area (Å²) in [6, 6.07) is 4.44. The van der Waals surface area contributed by atoms with Gasteiger partial charge in [-0.25, -0.2) is 0 Å². The molecule has 0 amide bonds. The number of hydrogen-bond donors (Lipinski definition) is 2. The van der Waals surface area contributed by atoms with Crippen LogP contribution >= 0.6 is 0 Å². The van der Waals surface area contributed by atoms with Gasteiger partial charge in [-0.2, -0.15) is 0 Å². The molecule has 1 saturated heterocycles. The van der Waals surface area contributed by atoms with Crippen LogP contribution in [0.15, 0.2) is 12.1 Å². The maximum Gasteiger partial charge on any atom is 0.0700 e. The second-order valence-electron chi connectivity index (χ2n) is 6.45. The molecule has 0 aromatic heterocycles. The van der Waals surface area contributed by atoms with Gasteiger partial charge in [-0.15, -0.1) is 0 Å². The van der Waals surface area contributed by atoms with Crippen LogP contribution < -0.4 is 5.32 Å². The Morgan fingerprint density at radius 2 is 1.89 bits per heavy atom. The minimum absolute atomic E-state index is 0.362. The highest BCUT2D eigenvalue weighted by Gasteiger charge is 2.33. The van der Waals surface area contributed by atoms with E-state index in [9.17, 15) is 5.11 Å². The molecule has 0 aliphatic carbocycles. The summed E-state index contributed by atoms with van der Waals surface area (Å²) < 4.78 is 0. The predicted octanol–water partition coefficient (Wildman–Crippen LogP) is 2.90. The van der Waals surface area contributed by atoms with Crippen molar-refractivity contribution in [3.05, 3.63) is 34.4 Å². The maximum absolute atomic E-state index is 10.9. The van der Waals surface area contributed by atoms with E-state index in [0.717, 1.165) is 25.9 Å². The number of benzene rings is 1. The van der Waals surface area contributed by atoms with Crippen LogP contribution in [0.4, 0.5) is 0 Å². The highest BCUT2D eigenvalue weighted by atomic mass is 16.3. The lowest BCUT2D eigenvalue weighted by Gasteiger charge is -2.36. The molecule has 2 heteroatoms. The SMILES string of the molecule is Cc1cc(C)c(CC(C)(O)C2CCCNC2)c(C)c1. The summed E-state index contributed by atoms with van der Waals surface area (Å²) in [5.41, 5.74) is 4.63.